The standard InChI is InChI=1S/C17H16O6/c1-22-11-7-6-10(15(9-11)23-2)8-14-12(16(18)19)4-3-5-13(14)17(20)21/h3-7,9H,8H2,1-2H3,(H,18,19)(H,20,21). The molecule has 6 heteroatoms. The molecule has 2 N–H and O–H groups in total. The van der Waals surface area contributed by atoms with E-state index in [2.05, 4.69) is 0 Å². The second-order valence-electron chi connectivity index (χ2n) is 4.80. The summed E-state index contributed by atoms with van der Waals surface area (Å²) in [6, 6.07) is 9.30. The fraction of sp³-hybridized carbons (Fsp3) is 0.176. The van der Waals surface area contributed by atoms with Crippen molar-refractivity contribution in [3.8, 4) is 11.5 Å². The molecular formula is C17H16O6. The van der Waals surface area contributed by atoms with E-state index in [1.807, 2.05) is 0 Å². The molecule has 0 aromatic heterocycles. The number of carboxylic acids is 2. The lowest BCUT2D eigenvalue weighted by atomic mass is 9.94. The van der Waals surface area contributed by atoms with Crippen molar-refractivity contribution in [3.05, 3.63) is 58.7 Å². The summed E-state index contributed by atoms with van der Waals surface area (Å²) in [6.45, 7) is 0. The van der Waals surface area contributed by atoms with Crippen LogP contribution in [0.5, 0.6) is 11.5 Å². The lowest BCUT2D eigenvalue weighted by Crippen LogP contribution is -2.10. The molecule has 0 aliphatic heterocycles. The summed E-state index contributed by atoms with van der Waals surface area (Å²) in [4.78, 5) is 22.8. The number of benzene rings is 2. The summed E-state index contributed by atoms with van der Waals surface area (Å²) < 4.78 is 10.4. The number of aromatic carboxylic acids is 2. The molecule has 0 fully saturated rings. The van der Waals surface area contributed by atoms with Crippen LogP contribution in [-0.4, -0.2) is 36.4 Å². The van der Waals surface area contributed by atoms with Crippen LogP contribution in [0.2, 0.25) is 0 Å². The maximum atomic E-state index is 11.4. The zero-order chi connectivity index (χ0) is 17.0. The highest BCUT2D eigenvalue weighted by Gasteiger charge is 2.19. The van der Waals surface area contributed by atoms with Crippen LogP contribution < -0.4 is 9.47 Å². The van der Waals surface area contributed by atoms with E-state index in [0.717, 1.165) is 0 Å². The van der Waals surface area contributed by atoms with Crippen molar-refractivity contribution in [2.24, 2.45) is 0 Å². The zero-order valence-corrected chi connectivity index (χ0v) is 12.7. The van der Waals surface area contributed by atoms with Gasteiger partial charge in [-0.3, -0.25) is 0 Å². The van der Waals surface area contributed by atoms with Crippen LogP contribution in [0.15, 0.2) is 36.4 Å². The molecule has 0 saturated heterocycles. The Balaban J connectivity index is 2.55. The number of hydrogen-bond donors (Lipinski definition) is 2. The number of hydrogen-bond acceptors (Lipinski definition) is 4. The first-order chi connectivity index (χ1) is 11.0. The molecule has 0 heterocycles. The monoisotopic (exact) mass is 316 g/mol. The minimum absolute atomic E-state index is 0.0391. The van der Waals surface area contributed by atoms with Gasteiger partial charge in [0, 0.05) is 12.5 Å². The molecule has 0 bridgehead atoms. The van der Waals surface area contributed by atoms with Gasteiger partial charge in [0.05, 0.1) is 25.3 Å². The normalized spacial score (nSPS) is 10.2. The first-order valence-corrected chi connectivity index (χ1v) is 6.77. The quantitative estimate of drug-likeness (QED) is 0.851. The smallest absolute Gasteiger partial charge is 0.336 e. The van der Waals surface area contributed by atoms with E-state index in [1.165, 1.54) is 32.4 Å². The molecule has 120 valence electrons. The molecular weight excluding hydrogens is 300 g/mol. The third-order valence-electron chi connectivity index (χ3n) is 3.50. The lowest BCUT2D eigenvalue weighted by Gasteiger charge is -2.13. The van der Waals surface area contributed by atoms with E-state index in [4.69, 9.17) is 9.47 Å². The van der Waals surface area contributed by atoms with Crippen molar-refractivity contribution >= 4 is 11.9 Å². The van der Waals surface area contributed by atoms with Crippen molar-refractivity contribution in [1.82, 2.24) is 0 Å². The predicted octanol–water partition coefficient (Wildman–Crippen LogP) is 2.69. The summed E-state index contributed by atoms with van der Waals surface area (Å²) in [7, 11) is 3.01. The van der Waals surface area contributed by atoms with Gasteiger partial charge >= 0.3 is 11.9 Å². The first-order valence-electron chi connectivity index (χ1n) is 6.77. The first kappa shape index (κ1) is 16.4. The van der Waals surface area contributed by atoms with Crippen molar-refractivity contribution < 1.29 is 29.3 Å². The fourth-order valence-electron chi connectivity index (χ4n) is 2.37. The van der Waals surface area contributed by atoms with E-state index in [0.29, 0.717) is 17.1 Å². The average Bonchev–Trinajstić information content (AvgIpc) is 2.54. The van der Waals surface area contributed by atoms with Crippen LogP contribution in [0.3, 0.4) is 0 Å². The molecule has 0 saturated carbocycles. The van der Waals surface area contributed by atoms with E-state index in [1.54, 1.807) is 18.2 Å². The highest BCUT2D eigenvalue weighted by Crippen LogP contribution is 2.29. The average molecular weight is 316 g/mol. The highest BCUT2D eigenvalue weighted by atomic mass is 16.5. The van der Waals surface area contributed by atoms with E-state index in [-0.39, 0.29) is 23.1 Å². The summed E-state index contributed by atoms with van der Waals surface area (Å²) in [5.41, 5.74) is 0.825. The summed E-state index contributed by atoms with van der Waals surface area (Å²) >= 11 is 0. The van der Waals surface area contributed by atoms with Crippen molar-refractivity contribution in [2.45, 2.75) is 6.42 Å². The molecule has 0 amide bonds. The molecule has 23 heavy (non-hydrogen) atoms. The molecule has 0 spiro atoms. The molecule has 2 aromatic rings. The second-order valence-corrected chi connectivity index (χ2v) is 4.80. The Morgan fingerprint density at radius 1 is 0.957 bits per heavy atom. The Hall–Kier alpha value is -3.02. The zero-order valence-electron chi connectivity index (χ0n) is 12.7. The summed E-state index contributed by atoms with van der Waals surface area (Å²) in [5, 5.41) is 18.6. The Bertz CT molecular complexity index is 718. The number of carbonyl (C=O) groups is 2. The summed E-state index contributed by atoms with van der Waals surface area (Å²) in [5.74, 6) is -1.25. The molecule has 2 rings (SSSR count). The maximum absolute atomic E-state index is 11.4. The SMILES string of the molecule is COc1ccc(Cc2c(C(=O)O)cccc2C(=O)O)c(OC)c1. The Kier molecular flexibility index (Phi) is 4.85. The third kappa shape index (κ3) is 3.42. The Labute approximate surface area is 132 Å². The van der Waals surface area contributed by atoms with Crippen molar-refractivity contribution in [3.63, 3.8) is 0 Å². The third-order valence-corrected chi connectivity index (χ3v) is 3.50. The fourth-order valence-corrected chi connectivity index (χ4v) is 2.37. The molecule has 0 aliphatic carbocycles. The van der Waals surface area contributed by atoms with Crippen molar-refractivity contribution in [1.29, 1.82) is 0 Å². The van der Waals surface area contributed by atoms with Gasteiger partial charge in [-0.15, -0.1) is 0 Å². The molecule has 0 atom stereocenters. The molecule has 2 aromatic carbocycles. The van der Waals surface area contributed by atoms with Gasteiger partial charge in [-0.2, -0.15) is 0 Å². The topological polar surface area (TPSA) is 93.1 Å². The molecule has 6 nitrogen and oxygen atoms in total. The van der Waals surface area contributed by atoms with Gasteiger partial charge in [-0.1, -0.05) is 12.1 Å². The predicted molar refractivity (Wildman–Crippen MR) is 82.7 cm³/mol. The van der Waals surface area contributed by atoms with E-state index >= 15 is 0 Å². The van der Waals surface area contributed by atoms with Crippen LogP contribution in [0.1, 0.15) is 31.8 Å². The van der Waals surface area contributed by atoms with Crippen LogP contribution in [0, 0.1) is 0 Å². The van der Waals surface area contributed by atoms with Crippen LogP contribution in [0.4, 0.5) is 0 Å². The minimum Gasteiger partial charge on any atom is -0.497 e. The second kappa shape index (κ2) is 6.83. The van der Waals surface area contributed by atoms with E-state index < -0.39 is 11.9 Å². The van der Waals surface area contributed by atoms with Gasteiger partial charge in [0.15, 0.2) is 0 Å². The van der Waals surface area contributed by atoms with Gasteiger partial charge in [-0.05, 0) is 29.3 Å². The van der Waals surface area contributed by atoms with Gasteiger partial charge in [0.1, 0.15) is 11.5 Å². The summed E-state index contributed by atoms with van der Waals surface area (Å²) in [6.07, 6.45) is 0.122. The number of rotatable bonds is 6. The number of ether oxygens (including phenoxy) is 2. The lowest BCUT2D eigenvalue weighted by molar-refractivity contribution is 0.0696. The highest BCUT2D eigenvalue weighted by molar-refractivity contribution is 5.96. The molecule has 0 aliphatic rings. The Morgan fingerprint density at radius 2 is 1.57 bits per heavy atom. The largest absolute Gasteiger partial charge is 0.497 e. The maximum Gasteiger partial charge on any atom is 0.336 e. The van der Waals surface area contributed by atoms with Gasteiger partial charge in [-0.25, -0.2) is 9.59 Å². The minimum atomic E-state index is -1.17. The Morgan fingerprint density at radius 3 is 2.04 bits per heavy atom. The van der Waals surface area contributed by atoms with E-state index in [9.17, 15) is 19.8 Å². The van der Waals surface area contributed by atoms with Gasteiger partial charge in [0.25, 0.3) is 0 Å². The van der Waals surface area contributed by atoms with Crippen LogP contribution >= 0.6 is 0 Å². The number of methoxy groups -OCH3 is 2. The van der Waals surface area contributed by atoms with Gasteiger partial charge in [0.2, 0.25) is 0 Å². The van der Waals surface area contributed by atoms with Crippen molar-refractivity contribution in [2.75, 3.05) is 14.2 Å². The molecule has 0 radical (unpaired) electrons. The number of carboxylic acid groups (broad SMARTS) is 2. The van der Waals surface area contributed by atoms with Crippen LogP contribution in [0.25, 0.3) is 0 Å². The van der Waals surface area contributed by atoms with Crippen LogP contribution in [-0.2, 0) is 6.42 Å². The molecule has 0 unspecified atom stereocenters. The van der Waals surface area contributed by atoms with Gasteiger partial charge < -0.3 is 19.7 Å².